The molecule has 0 aromatic rings. The van der Waals surface area contributed by atoms with Crippen LogP contribution in [0, 0.1) is 11.8 Å². The van der Waals surface area contributed by atoms with Gasteiger partial charge in [0.15, 0.2) is 0 Å². The van der Waals surface area contributed by atoms with Crippen molar-refractivity contribution in [2.24, 2.45) is 17.6 Å². The Morgan fingerprint density at radius 2 is 2.55 bits per heavy atom. The maximum atomic E-state index is 5.60. The number of hydrogen-bond acceptors (Lipinski definition) is 3. The number of methoxy groups -OCH3 is 1. The summed E-state index contributed by atoms with van der Waals surface area (Å²) in [4.78, 5) is 0. The largest absolute Gasteiger partial charge is 0.384 e. The number of rotatable bonds is 4. The lowest BCUT2D eigenvalue weighted by Crippen LogP contribution is -2.27. The summed E-state index contributed by atoms with van der Waals surface area (Å²) < 4.78 is 10.3. The Kier molecular flexibility index (Phi) is 3.83. The van der Waals surface area contributed by atoms with Crippen LogP contribution in [0.3, 0.4) is 0 Å². The molecule has 3 nitrogen and oxygen atoms in total. The van der Waals surface area contributed by atoms with Crippen molar-refractivity contribution in [3.63, 3.8) is 0 Å². The second-order valence-corrected chi connectivity index (χ2v) is 3.07. The second-order valence-electron chi connectivity index (χ2n) is 3.07. The zero-order chi connectivity index (χ0) is 8.10. The van der Waals surface area contributed by atoms with Gasteiger partial charge in [-0.25, -0.2) is 0 Å². The molecule has 1 saturated heterocycles. The molecule has 0 aromatic carbocycles. The van der Waals surface area contributed by atoms with Crippen LogP contribution in [-0.2, 0) is 9.47 Å². The molecule has 1 fully saturated rings. The fourth-order valence-electron chi connectivity index (χ4n) is 1.54. The van der Waals surface area contributed by atoms with Gasteiger partial charge in [0.2, 0.25) is 0 Å². The molecule has 0 radical (unpaired) electrons. The zero-order valence-electron chi connectivity index (χ0n) is 7.08. The summed E-state index contributed by atoms with van der Waals surface area (Å²) in [6, 6.07) is 0. The SMILES string of the molecule is COCC(CN)C1CCOC1. The number of nitrogens with two attached hydrogens (primary N) is 1. The van der Waals surface area contributed by atoms with Gasteiger partial charge in [-0.05, 0) is 24.8 Å². The van der Waals surface area contributed by atoms with Gasteiger partial charge in [-0.15, -0.1) is 0 Å². The lowest BCUT2D eigenvalue weighted by Gasteiger charge is -2.18. The second kappa shape index (κ2) is 4.70. The molecular weight excluding hydrogens is 142 g/mol. The molecule has 3 heteroatoms. The smallest absolute Gasteiger partial charge is 0.0506 e. The fourth-order valence-corrected chi connectivity index (χ4v) is 1.54. The summed E-state index contributed by atoms with van der Waals surface area (Å²) >= 11 is 0. The van der Waals surface area contributed by atoms with Crippen LogP contribution in [0.4, 0.5) is 0 Å². The van der Waals surface area contributed by atoms with Crippen molar-refractivity contribution < 1.29 is 9.47 Å². The van der Waals surface area contributed by atoms with Crippen molar-refractivity contribution in [1.82, 2.24) is 0 Å². The first-order valence-electron chi connectivity index (χ1n) is 4.15. The molecule has 2 atom stereocenters. The first kappa shape index (κ1) is 8.97. The molecule has 0 spiro atoms. The first-order valence-corrected chi connectivity index (χ1v) is 4.15. The average molecular weight is 159 g/mol. The molecule has 0 aliphatic carbocycles. The Morgan fingerprint density at radius 1 is 1.73 bits per heavy atom. The Morgan fingerprint density at radius 3 is 3.00 bits per heavy atom. The molecule has 1 rings (SSSR count). The van der Waals surface area contributed by atoms with Gasteiger partial charge in [0.25, 0.3) is 0 Å². The summed E-state index contributed by atoms with van der Waals surface area (Å²) in [5.41, 5.74) is 5.60. The number of ether oxygens (including phenoxy) is 2. The maximum Gasteiger partial charge on any atom is 0.0506 e. The lowest BCUT2D eigenvalue weighted by atomic mass is 9.92. The van der Waals surface area contributed by atoms with Crippen LogP contribution >= 0.6 is 0 Å². The highest BCUT2D eigenvalue weighted by atomic mass is 16.5. The third kappa shape index (κ3) is 2.43. The zero-order valence-corrected chi connectivity index (χ0v) is 7.08. The van der Waals surface area contributed by atoms with Crippen molar-refractivity contribution in [1.29, 1.82) is 0 Å². The number of hydrogen-bond donors (Lipinski definition) is 1. The van der Waals surface area contributed by atoms with E-state index in [4.69, 9.17) is 15.2 Å². The third-order valence-electron chi connectivity index (χ3n) is 2.32. The van der Waals surface area contributed by atoms with E-state index in [0.29, 0.717) is 18.4 Å². The molecule has 0 saturated carbocycles. The molecule has 2 N–H and O–H groups in total. The van der Waals surface area contributed by atoms with Crippen molar-refractivity contribution >= 4 is 0 Å². The highest BCUT2D eigenvalue weighted by Crippen LogP contribution is 2.21. The van der Waals surface area contributed by atoms with Gasteiger partial charge < -0.3 is 15.2 Å². The summed E-state index contributed by atoms with van der Waals surface area (Å²) in [7, 11) is 1.72. The van der Waals surface area contributed by atoms with Gasteiger partial charge in [-0.3, -0.25) is 0 Å². The van der Waals surface area contributed by atoms with E-state index >= 15 is 0 Å². The van der Waals surface area contributed by atoms with Crippen LogP contribution in [0.5, 0.6) is 0 Å². The van der Waals surface area contributed by atoms with Crippen LogP contribution in [0.1, 0.15) is 6.42 Å². The van der Waals surface area contributed by atoms with Gasteiger partial charge in [0, 0.05) is 20.3 Å². The van der Waals surface area contributed by atoms with Crippen LogP contribution in [0.25, 0.3) is 0 Å². The van der Waals surface area contributed by atoms with Gasteiger partial charge in [0.1, 0.15) is 0 Å². The third-order valence-corrected chi connectivity index (χ3v) is 2.32. The molecular formula is C8H17NO2. The van der Waals surface area contributed by atoms with E-state index in [1.165, 1.54) is 0 Å². The van der Waals surface area contributed by atoms with E-state index in [1.807, 2.05) is 0 Å². The van der Waals surface area contributed by atoms with Gasteiger partial charge in [-0.1, -0.05) is 0 Å². The summed E-state index contributed by atoms with van der Waals surface area (Å²) in [6.45, 7) is 3.24. The molecule has 1 aliphatic rings. The summed E-state index contributed by atoms with van der Waals surface area (Å²) in [5, 5.41) is 0. The van der Waals surface area contributed by atoms with E-state index in [2.05, 4.69) is 0 Å². The Hall–Kier alpha value is -0.120. The predicted molar refractivity (Wildman–Crippen MR) is 43.3 cm³/mol. The van der Waals surface area contributed by atoms with Gasteiger partial charge >= 0.3 is 0 Å². The van der Waals surface area contributed by atoms with Crippen molar-refractivity contribution in [3.05, 3.63) is 0 Å². The summed E-state index contributed by atoms with van der Waals surface area (Å²) in [5.74, 6) is 1.11. The predicted octanol–water partition coefficient (Wildman–Crippen LogP) is 0.244. The quantitative estimate of drug-likeness (QED) is 0.639. The standard InChI is InChI=1S/C8H17NO2/c1-10-5-8(4-9)7-2-3-11-6-7/h7-8H,2-6,9H2,1H3. The Balaban J connectivity index is 2.27. The van der Waals surface area contributed by atoms with Crippen LogP contribution in [0.15, 0.2) is 0 Å². The molecule has 1 heterocycles. The first-order chi connectivity index (χ1) is 5.38. The molecule has 2 unspecified atom stereocenters. The monoisotopic (exact) mass is 159 g/mol. The Labute approximate surface area is 67.9 Å². The van der Waals surface area contributed by atoms with E-state index in [0.717, 1.165) is 26.2 Å². The fraction of sp³-hybridized carbons (Fsp3) is 1.00. The molecule has 0 aromatic heterocycles. The highest BCUT2D eigenvalue weighted by Gasteiger charge is 2.24. The van der Waals surface area contributed by atoms with Crippen LogP contribution in [0.2, 0.25) is 0 Å². The van der Waals surface area contributed by atoms with E-state index in [1.54, 1.807) is 7.11 Å². The molecule has 0 amide bonds. The van der Waals surface area contributed by atoms with Crippen molar-refractivity contribution in [3.8, 4) is 0 Å². The van der Waals surface area contributed by atoms with Crippen LogP contribution in [-0.4, -0.2) is 33.5 Å². The van der Waals surface area contributed by atoms with Gasteiger partial charge in [0.05, 0.1) is 6.61 Å². The van der Waals surface area contributed by atoms with E-state index in [-0.39, 0.29) is 0 Å². The van der Waals surface area contributed by atoms with E-state index in [9.17, 15) is 0 Å². The minimum atomic E-state index is 0.488. The topological polar surface area (TPSA) is 44.5 Å². The highest BCUT2D eigenvalue weighted by molar-refractivity contribution is 4.73. The molecule has 1 aliphatic heterocycles. The van der Waals surface area contributed by atoms with E-state index < -0.39 is 0 Å². The average Bonchev–Trinajstić information content (AvgIpc) is 2.52. The van der Waals surface area contributed by atoms with Crippen molar-refractivity contribution in [2.75, 3.05) is 33.5 Å². The minimum absolute atomic E-state index is 0.488. The maximum absolute atomic E-state index is 5.60. The Bertz CT molecular complexity index is 102. The minimum Gasteiger partial charge on any atom is -0.384 e. The molecule has 11 heavy (non-hydrogen) atoms. The normalized spacial score (nSPS) is 27.3. The van der Waals surface area contributed by atoms with Gasteiger partial charge in [-0.2, -0.15) is 0 Å². The van der Waals surface area contributed by atoms with Crippen molar-refractivity contribution in [2.45, 2.75) is 6.42 Å². The lowest BCUT2D eigenvalue weighted by molar-refractivity contribution is 0.110. The molecule has 0 bridgehead atoms. The van der Waals surface area contributed by atoms with Crippen LogP contribution < -0.4 is 5.73 Å². The summed E-state index contributed by atoms with van der Waals surface area (Å²) in [6.07, 6.45) is 1.14. The molecule has 66 valence electrons.